The predicted molar refractivity (Wildman–Crippen MR) is 71.8 cm³/mol. The first-order chi connectivity index (χ1) is 7.65. The molecule has 0 spiro atoms. The normalized spacial score (nSPS) is 19.9. The Morgan fingerprint density at radius 1 is 1.12 bits per heavy atom. The molecule has 1 N–H and O–H groups in total. The quantitative estimate of drug-likeness (QED) is 0.749. The van der Waals surface area contributed by atoms with E-state index in [1.165, 1.54) is 45.3 Å². The summed E-state index contributed by atoms with van der Waals surface area (Å²) in [7, 11) is 0. The van der Waals surface area contributed by atoms with Crippen LogP contribution in [-0.4, -0.2) is 36.6 Å². The Hall–Kier alpha value is -0.0800. The summed E-state index contributed by atoms with van der Waals surface area (Å²) in [6.45, 7) is 13.0. The highest BCUT2D eigenvalue weighted by molar-refractivity contribution is 4.79. The van der Waals surface area contributed by atoms with E-state index in [0.29, 0.717) is 6.04 Å². The second kappa shape index (κ2) is 7.29. The maximum Gasteiger partial charge on any atom is 0.00937 e. The first-order valence-corrected chi connectivity index (χ1v) is 7.14. The lowest BCUT2D eigenvalue weighted by atomic mass is 9.99. The first kappa shape index (κ1) is 14.0. The number of rotatable bonds is 6. The molecule has 0 atom stereocenters. The molecule has 0 aromatic heterocycles. The van der Waals surface area contributed by atoms with Gasteiger partial charge in [-0.15, -0.1) is 0 Å². The van der Waals surface area contributed by atoms with Crippen molar-refractivity contribution in [3.63, 3.8) is 0 Å². The summed E-state index contributed by atoms with van der Waals surface area (Å²) in [5.41, 5.74) is 0. The Morgan fingerprint density at radius 3 is 2.12 bits per heavy atom. The number of nitrogens with one attached hydrogen (secondary N) is 1. The van der Waals surface area contributed by atoms with E-state index in [2.05, 4.69) is 37.9 Å². The van der Waals surface area contributed by atoms with E-state index in [9.17, 15) is 0 Å². The lowest BCUT2D eigenvalue weighted by Gasteiger charge is -2.35. The van der Waals surface area contributed by atoms with Crippen LogP contribution in [0.3, 0.4) is 0 Å². The van der Waals surface area contributed by atoms with Gasteiger partial charge >= 0.3 is 0 Å². The highest BCUT2D eigenvalue weighted by Crippen LogP contribution is 2.15. The fourth-order valence-electron chi connectivity index (χ4n) is 2.67. The van der Waals surface area contributed by atoms with E-state index >= 15 is 0 Å². The van der Waals surface area contributed by atoms with Crippen molar-refractivity contribution in [1.82, 2.24) is 10.2 Å². The molecular weight excluding hydrogens is 196 g/mol. The van der Waals surface area contributed by atoms with Gasteiger partial charge in [0, 0.05) is 18.6 Å². The maximum atomic E-state index is 3.66. The molecule has 0 bridgehead atoms. The van der Waals surface area contributed by atoms with Gasteiger partial charge in [-0.3, -0.25) is 0 Å². The highest BCUT2D eigenvalue weighted by Gasteiger charge is 2.20. The van der Waals surface area contributed by atoms with Gasteiger partial charge in [-0.1, -0.05) is 40.5 Å². The van der Waals surface area contributed by atoms with Crippen LogP contribution in [-0.2, 0) is 0 Å². The average molecular weight is 226 g/mol. The molecule has 1 aliphatic rings. The van der Waals surface area contributed by atoms with Crippen molar-refractivity contribution in [2.45, 2.75) is 65.5 Å². The molecule has 0 aliphatic carbocycles. The standard InChI is InChI=1S/C14H30N2/c1-5-13(6-2)11-16-9-7-14(8-10-16)15-12(3)4/h12-15H,5-11H2,1-4H3. The summed E-state index contributed by atoms with van der Waals surface area (Å²) >= 11 is 0. The van der Waals surface area contributed by atoms with Crippen LogP contribution < -0.4 is 5.32 Å². The smallest absolute Gasteiger partial charge is 0.00937 e. The highest BCUT2D eigenvalue weighted by atomic mass is 15.1. The van der Waals surface area contributed by atoms with Crippen LogP contribution in [0.1, 0.15) is 53.4 Å². The van der Waals surface area contributed by atoms with Gasteiger partial charge in [0.05, 0.1) is 0 Å². The van der Waals surface area contributed by atoms with E-state index in [1.807, 2.05) is 0 Å². The second-order valence-electron chi connectivity index (χ2n) is 5.58. The van der Waals surface area contributed by atoms with Crippen LogP contribution >= 0.6 is 0 Å². The van der Waals surface area contributed by atoms with Gasteiger partial charge in [0.25, 0.3) is 0 Å². The number of nitrogens with zero attached hydrogens (tertiary/aromatic N) is 1. The molecular formula is C14H30N2. The number of hydrogen-bond donors (Lipinski definition) is 1. The third-order valence-electron chi connectivity index (χ3n) is 3.83. The molecule has 1 saturated heterocycles. The molecule has 16 heavy (non-hydrogen) atoms. The van der Waals surface area contributed by atoms with Gasteiger partial charge < -0.3 is 10.2 Å². The molecule has 1 heterocycles. The van der Waals surface area contributed by atoms with Crippen LogP contribution in [0.15, 0.2) is 0 Å². The summed E-state index contributed by atoms with van der Waals surface area (Å²) in [4.78, 5) is 2.66. The molecule has 2 heteroatoms. The molecule has 96 valence electrons. The zero-order valence-electron chi connectivity index (χ0n) is 11.6. The predicted octanol–water partition coefficient (Wildman–Crippen LogP) is 2.89. The van der Waals surface area contributed by atoms with Crippen molar-refractivity contribution in [1.29, 1.82) is 0 Å². The summed E-state index contributed by atoms with van der Waals surface area (Å²) in [6, 6.07) is 1.40. The van der Waals surface area contributed by atoms with E-state index in [1.54, 1.807) is 0 Å². The molecule has 0 aromatic carbocycles. The molecule has 0 unspecified atom stereocenters. The molecule has 1 rings (SSSR count). The van der Waals surface area contributed by atoms with Crippen molar-refractivity contribution in [2.75, 3.05) is 19.6 Å². The number of likely N-dealkylation sites (tertiary alicyclic amines) is 1. The van der Waals surface area contributed by atoms with Crippen LogP contribution in [0.25, 0.3) is 0 Å². The lowest BCUT2D eigenvalue weighted by Crippen LogP contribution is -2.45. The van der Waals surface area contributed by atoms with Gasteiger partial charge in [0.2, 0.25) is 0 Å². The third kappa shape index (κ3) is 4.84. The zero-order valence-corrected chi connectivity index (χ0v) is 11.6. The first-order valence-electron chi connectivity index (χ1n) is 7.14. The lowest BCUT2D eigenvalue weighted by molar-refractivity contribution is 0.165. The van der Waals surface area contributed by atoms with Gasteiger partial charge in [-0.05, 0) is 31.8 Å². The Balaban J connectivity index is 2.21. The van der Waals surface area contributed by atoms with Crippen molar-refractivity contribution < 1.29 is 0 Å². The topological polar surface area (TPSA) is 15.3 Å². The van der Waals surface area contributed by atoms with E-state index in [4.69, 9.17) is 0 Å². The van der Waals surface area contributed by atoms with Gasteiger partial charge in [0.15, 0.2) is 0 Å². The van der Waals surface area contributed by atoms with Gasteiger partial charge in [-0.2, -0.15) is 0 Å². The van der Waals surface area contributed by atoms with Crippen LogP contribution in [0.4, 0.5) is 0 Å². The number of hydrogen-bond acceptors (Lipinski definition) is 2. The van der Waals surface area contributed by atoms with Crippen molar-refractivity contribution in [2.24, 2.45) is 5.92 Å². The molecule has 1 fully saturated rings. The van der Waals surface area contributed by atoms with Gasteiger partial charge in [-0.25, -0.2) is 0 Å². The third-order valence-corrected chi connectivity index (χ3v) is 3.83. The Labute approximate surface area is 102 Å². The summed E-state index contributed by atoms with van der Waals surface area (Å²) in [5.74, 6) is 0.912. The van der Waals surface area contributed by atoms with Crippen LogP contribution in [0.5, 0.6) is 0 Å². The minimum Gasteiger partial charge on any atom is -0.312 e. The molecule has 0 aromatic rings. The molecule has 0 amide bonds. The van der Waals surface area contributed by atoms with Crippen LogP contribution in [0, 0.1) is 5.92 Å². The molecule has 0 saturated carbocycles. The van der Waals surface area contributed by atoms with E-state index < -0.39 is 0 Å². The summed E-state index contributed by atoms with van der Waals surface area (Å²) in [5, 5.41) is 3.66. The van der Waals surface area contributed by atoms with Crippen molar-refractivity contribution >= 4 is 0 Å². The maximum absolute atomic E-state index is 3.66. The molecule has 1 aliphatic heterocycles. The van der Waals surface area contributed by atoms with Gasteiger partial charge in [0.1, 0.15) is 0 Å². The summed E-state index contributed by atoms with van der Waals surface area (Å²) in [6.07, 6.45) is 5.33. The Morgan fingerprint density at radius 2 is 1.69 bits per heavy atom. The monoisotopic (exact) mass is 226 g/mol. The number of piperidine rings is 1. The largest absolute Gasteiger partial charge is 0.312 e. The van der Waals surface area contributed by atoms with Crippen LogP contribution in [0.2, 0.25) is 0 Å². The minimum absolute atomic E-state index is 0.635. The van der Waals surface area contributed by atoms with E-state index in [0.717, 1.165) is 12.0 Å². The fourth-order valence-corrected chi connectivity index (χ4v) is 2.67. The van der Waals surface area contributed by atoms with Crippen molar-refractivity contribution in [3.8, 4) is 0 Å². The fraction of sp³-hybridized carbons (Fsp3) is 1.00. The molecule has 2 nitrogen and oxygen atoms in total. The summed E-state index contributed by atoms with van der Waals surface area (Å²) < 4.78 is 0. The SMILES string of the molecule is CCC(CC)CN1CCC(NC(C)C)CC1. The average Bonchev–Trinajstić information content (AvgIpc) is 2.27. The van der Waals surface area contributed by atoms with E-state index in [-0.39, 0.29) is 0 Å². The molecule has 0 radical (unpaired) electrons. The Bertz CT molecular complexity index is 168. The Kier molecular flexibility index (Phi) is 6.37. The van der Waals surface area contributed by atoms with Crippen molar-refractivity contribution in [3.05, 3.63) is 0 Å². The zero-order chi connectivity index (χ0) is 12.0. The second-order valence-corrected chi connectivity index (χ2v) is 5.58. The minimum atomic E-state index is 0.635.